The standard InChI is InChI=1S/C17H12ClN3O3S/c18-13-4-2-1-3-12(13)14-10-25-17(20-14)21-15(22)9-24-16(23)11-5-7-19-8-6-11/h1-8,10H,9H2,(H,20,21,22). The predicted octanol–water partition coefficient (Wildman–Crippen LogP) is 3.65. The minimum absolute atomic E-state index is 0.332. The minimum atomic E-state index is -0.589. The number of amides is 1. The number of aromatic nitrogens is 2. The summed E-state index contributed by atoms with van der Waals surface area (Å²) in [5, 5.41) is 5.37. The third-order valence-corrected chi connectivity index (χ3v) is 4.24. The number of pyridine rings is 1. The van der Waals surface area contributed by atoms with Crippen LogP contribution in [0.2, 0.25) is 5.02 Å². The van der Waals surface area contributed by atoms with E-state index in [2.05, 4.69) is 15.3 Å². The summed E-state index contributed by atoms with van der Waals surface area (Å²) in [6.07, 6.45) is 2.95. The van der Waals surface area contributed by atoms with Crippen LogP contribution in [-0.4, -0.2) is 28.5 Å². The van der Waals surface area contributed by atoms with Gasteiger partial charge in [0.05, 0.1) is 11.3 Å². The van der Waals surface area contributed by atoms with Crippen LogP contribution in [0.25, 0.3) is 11.3 Å². The van der Waals surface area contributed by atoms with Gasteiger partial charge in [-0.2, -0.15) is 0 Å². The maximum absolute atomic E-state index is 11.9. The normalized spacial score (nSPS) is 10.3. The maximum atomic E-state index is 11.9. The fraction of sp³-hybridized carbons (Fsp3) is 0.0588. The number of hydrogen-bond acceptors (Lipinski definition) is 6. The van der Waals surface area contributed by atoms with Crippen molar-refractivity contribution < 1.29 is 14.3 Å². The van der Waals surface area contributed by atoms with Gasteiger partial charge in [-0.1, -0.05) is 29.8 Å². The second-order valence-corrected chi connectivity index (χ2v) is 6.14. The molecule has 1 aromatic carbocycles. The van der Waals surface area contributed by atoms with Gasteiger partial charge in [0.1, 0.15) is 0 Å². The number of halogens is 1. The van der Waals surface area contributed by atoms with Gasteiger partial charge in [0, 0.05) is 28.4 Å². The Kier molecular flexibility index (Phi) is 5.37. The van der Waals surface area contributed by atoms with Gasteiger partial charge in [0.25, 0.3) is 5.91 Å². The molecule has 3 rings (SSSR count). The molecular weight excluding hydrogens is 362 g/mol. The van der Waals surface area contributed by atoms with Crippen molar-refractivity contribution in [3.8, 4) is 11.3 Å². The van der Waals surface area contributed by atoms with E-state index < -0.39 is 18.5 Å². The molecule has 6 nitrogen and oxygen atoms in total. The van der Waals surface area contributed by atoms with E-state index in [0.29, 0.717) is 21.4 Å². The first kappa shape index (κ1) is 17.1. The second-order valence-electron chi connectivity index (χ2n) is 4.88. The molecule has 1 N–H and O–H groups in total. The molecule has 2 aromatic heterocycles. The molecule has 0 fully saturated rings. The van der Waals surface area contributed by atoms with Gasteiger partial charge in [0.2, 0.25) is 0 Å². The second kappa shape index (κ2) is 7.87. The number of anilines is 1. The van der Waals surface area contributed by atoms with E-state index in [1.807, 2.05) is 18.2 Å². The van der Waals surface area contributed by atoms with E-state index in [1.165, 1.54) is 35.9 Å². The Labute approximate surface area is 152 Å². The van der Waals surface area contributed by atoms with Crippen LogP contribution in [-0.2, 0) is 9.53 Å². The van der Waals surface area contributed by atoms with Crippen molar-refractivity contribution in [1.82, 2.24) is 9.97 Å². The van der Waals surface area contributed by atoms with Crippen LogP contribution in [0.4, 0.5) is 5.13 Å². The molecule has 0 unspecified atom stereocenters. The summed E-state index contributed by atoms with van der Waals surface area (Å²) < 4.78 is 4.95. The third-order valence-electron chi connectivity index (χ3n) is 3.15. The van der Waals surface area contributed by atoms with E-state index in [4.69, 9.17) is 16.3 Å². The Balaban J connectivity index is 1.57. The van der Waals surface area contributed by atoms with Crippen molar-refractivity contribution in [3.05, 3.63) is 64.8 Å². The molecule has 0 spiro atoms. The Morgan fingerprint density at radius 3 is 2.68 bits per heavy atom. The van der Waals surface area contributed by atoms with Crippen LogP contribution >= 0.6 is 22.9 Å². The number of thiazole rings is 1. The summed E-state index contributed by atoms with van der Waals surface area (Å²) in [6.45, 7) is -0.401. The molecule has 126 valence electrons. The van der Waals surface area contributed by atoms with Crippen molar-refractivity contribution in [2.75, 3.05) is 11.9 Å². The van der Waals surface area contributed by atoms with E-state index in [0.717, 1.165) is 5.56 Å². The van der Waals surface area contributed by atoms with Gasteiger partial charge in [-0.25, -0.2) is 9.78 Å². The molecule has 0 aliphatic rings. The number of rotatable bonds is 5. The lowest BCUT2D eigenvalue weighted by Crippen LogP contribution is -2.20. The SMILES string of the molecule is O=C(COC(=O)c1ccncc1)Nc1nc(-c2ccccc2Cl)cs1. The summed E-state index contributed by atoms with van der Waals surface area (Å²) in [4.78, 5) is 31.8. The number of carbonyl (C=O) groups excluding carboxylic acids is 2. The Morgan fingerprint density at radius 2 is 1.92 bits per heavy atom. The van der Waals surface area contributed by atoms with Crippen molar-refractivity contribution in [3.63, 3.8) is 0 Å². The Bertz CT molecular complexity index is 899. The average molecular weight is 374 g/mol. The van der Waals surface area contributed by atoms with Crippen LogP contribution in [0.3, 0.4) is 0 Å². The fourth-order valence-electron chi connectivity index (χ4n) is 1.98. The molecule has 0 saturated carbocycles. The monoisotopic (exact) mass is 373 g/mol. The highest BCUT2D eigenvalue weighted by Gasteiger charge is 2.13. The molecule has 1 amide bonds. The molecule has 0 radical (unpaired) electrons. The maximum Gasteiger partial charge on any atom is 0.338 e. The molecule has 2 heterocycles. The summed E-state index contributed by atoms with van der Waals surface area (Å²) >= 11 is 7.39. The zero-order valence-electron chi connectivity index (χ0n) is 12.8. The number of benzene rings is 1. The van der Waals surface area contributed by atoms with Gasteiger partial charge in [-0.3, -0.25) is 15.1 Å². The topological polar surface area (TPSA) is 81.2 Å². The van der Waals surface area contributed by atoms with E-state index in [1.54, 1.807) is 11.4 Å². The number of ether oxygens (including phenoxy) is 1. The number of nitrogens with zero attached hydrogens (tertiary/aromatic N) is 2. The third kappa shape index (κ3) is 4.40. The highest BCUT2D eigenvalue weighted by atomic mass is 35.5. The van der Waals surface area contributed by atoms with Gasteiger partial charge in [0.15, 0.2) is 11.7 Å². The molecule has 0 aliphatic heterocycles. The molecule has 3 aromatic rings. The number of esters is 1. The lowest BCUT2D eigenvalue weighted by atomic mass is 10.2. The van der Waals surface area contributed by atoms with Gasteiger partial charge in [-0.15, -0.1) is 11.3 Å². The first-order valence-electron chi connectivity index (χ1n) is 7.21. The van der Waals surface area contributed by atoms with E-state index >= 15 is 0 Å². The molecular formula is C17H12ClN3O3S. The van der Waals surface area contributed by atoms with Crippen molar-refractivity contribution >= 4 is 39.9 Å². The van der Waals surface area contributed by atoms with Gasteiger partial charge >= 0.3 is 5.97 Å². The smallest absolute Gasteiger partial charge is 0.338 e. The Hall–Kier alpha value is -2.77. The zero-order valence-corrected chi connectivity index (χ0v) is 14.4. The highest BCUT2D eigenvalue weighted by Crippen LogP contribution is 2.30. The summed E-state index contributed by atoms with van der Waals surface area (Å²) in [5.74, 6) is -1.06. The lowest BCUT2D eigenvalue weighted by Gasteiger charge is -2.04. The summed E-state index contributed by atoms with van der Waals surface area (Å²) in [7, 11) is 0. The number of carbonyl (C=O) groups is 2. The number of nitrogens with one attached hydrogen (secondary N) is 1. The van der Waals surface area contributed by atoms with E-state index in [-0.39, 0.29) is 0 Å². The molecule has 0 saturated heterocycles. The minimum Gasteiger partial charge on any atom is -0.452 e. The van der Waals surface area contributed by atoms with Crippen LogP contribution in [0.15, 0.2) is 54.2 Å². The van der Waals surface area contributed by atoms with Crippen molar-refractivity contribution in [2.24, 2.45) is 0 Å². The van der Waals surface area contributed by atoms with E-state index in [9.17, 15) is 9.59 Å². The van der Waals surface area contributed by atoms with Crippen LogP contribution < -0.4 is 5.32 Å². The average Bonchev–Trinajstić information content (AvgIpc) is 3.09. The zero-order chi connectivity index (χ0) is 17.6. The predicted molar refractivity (Wildman–Crippen MR) is 95.7 cm³/mol. The quantitative estimate of drug-likeness (QED) is 0.690. The van der Waals surface area contributed by atoms with Crippen molar-refractivity contribution in [2.45, 2.75) is 0 Å². The molecule has 0 aliphatic carbocycles. The van der Waals surface area contributed by atoms with Gasteiger partial charge in [-0.05, 0) is 18.2 Å². The van der Waals surface area contributed by atoms with Crippen LogP contribution in [0.1, 0.15) is 10.4 Å². The highest BCUT2D eigenvalue weighted by molar-refractivity contribution is 7.14. The summed E-state index contributed by atoms with van der Waals surface area (Å²) in [5.41, 5.74) is 1.78. The largest absolute Gasteiger partial charge is 0.452 e. The Morgan fingerprint density at radius 1 is 1.16 bits per heavy atom. The number of hydrogen-bond donors (Lipinski definition) is 1. The molecule has 25 heavy (non-hydrogen) atoms. The van der Waals surface area contributed by atoms with Crippen molar-refractivity contribution in [1.29, 1.82) is 0 Å². The first-order chi connectivity index (χ1) is 12.1. The van der Waals surface area contributed by atoms with Crippen LogP contribution in [0.5, 0.6) is 0 Å². The van der Waals surface area contributed by atoms with Gasteiger partial charge < -0.3 is 4.74 Å². The molecule has 8 heteroatoms. The summed E-state index contributed by atoms with van der Waals surface area (Å²) in [6, 6.07) is 10.3. The fourth-order valence-corrected chi connectivity index (χ4v) is 2.94. The first-order valence-corrected chi connectivity index (χ1v) is 8.46. The molecule has 0 bridgehead atoms. The van der Waals surface area contributed by atoms with Crippen LogP contribution in [0, 0.1) is 0 Å². The lowest BCUT2D eigenvalue weighted by molar-refractivity contribution is -0.119. The molecule has 0 atom stereocenters.